The predicted molar refractivity (Wildman–Crippen MR) is 141 cm³/mol. The lowest BCUT2D eigenvalue weighted by Gasteiger charge is -2.62. The second-order valence-corrected chi connectivity index (χ2v) is 11.6. The Labute approximate surface area is 223 Å². The molecule has 4 saturated heterocycles. The number of likely N-dealkylation sites (N-methyl/N-ethyl adjacent to an activating group) is 1. The second-order valence-electron chi connectivity index (χ2n) is 11.6. The summed E-state index contributed by atoms with van der Waals surface area (Å²) >= 11 is 0. The Bertz CT molecular complexity index is 1270. The van der Waals surface area contributed by atoms with Crippen molar-refractivity contribution in [2.75, 3.05) is 33.3 Å². The molecule has 2 unspecified atom stereocenters. The van der Waals surface area contributed by atoms with Crippen LogP contribution in [0.5, 0.6) is 17.2 Å². The number of hydrogen-bond donors (Lipinski definition) is 1. The van der Waals surface area contributed by atoms with Crippen molar-refractivity contribution in [3.63, 3.8) is 0 Å². The van der Waals surface area contributed by atoms with Gasteiger partial charge in [-0.05, 0) is 48.9 Å². The molecule has 5 fully saturated rings. The van der Waals surface area contributed by atoms with Crippen LogP contribution in [0.4, 0.5) is 5.69 Å². The van der Waals surface area contributed by atoms with Crippen molar-refractivity contribution in [1.82, 2.24) is 4.90 Å². The van der Waals surface area contributed by atoms with Crippen LogP contribution >= 0.6 is 0 Å². The molecule has 2 aromatic rings. The number of aliphatic hydroxyl groups excluding tert-OH is 1. The number of esters is 1. The number of aliphatic hydroxyl groups is 1. The number of anilines is 1. The van der Waals surface area contributed by atoms with Gasteiger partial charge in [0.1, 0.15) is 12.3 Å². The van der Waals surface area contributed by atoms with Gasteiger partial charge >= 0.3 is 5.97 Å². The monoisotopic (exact) mass is 520 g/mol. The third-order valence-corrected chi connectivity index (χ3v) is 10.6. The molecule has 2 aromatic carbocycles. The molecular weight excluding hydrogens is 484 g/mol. The number of piperidine rings is 4. The summed E-state index contributed by atoms with van der Waals surface area (Å²) in [6.07, 6.45) is 2.09. The van der Waals surface area contributed by atoms with Crippen LogP contribution in [-0.4, -0.2) is 74.8 Å². The minimum atomic E-state index is -0.440. The first-order chi connectivity index (χ1) is 18.4. The van der Waals surface area contributed by atoms with E-state index in [2.05, 4.69) is 48.0 Å². The zero-order valence-electron chi connectivity index (χ0n) is 22.6. The van der Waals surface area contributed by atoms with Gasteiger partial charge in [0.05, 0.1) is 38.3 Å². The van der Waals surface area contributed by atoms with Crippen LogP contribution < -0.4 is 19.1 Å². The van der Waals surface area contributed by atoms with Crippen molar-refractivity contribution in [1.29, 1.82) is 0 Å². The highest BCUT2D eigenvalue weighted by molar-refractivity contribution is 5.91. The van der Waals surface area contributed by atoms with Gasteiger partial charge in [-0.25, -0.2) is 4.79 Å². The molecule has 6 aliphatic rings. The summed E-state index contributed by atoms with van der Waals surface area (Å²) in [5, 5.41) is 11.5. The molecule has 5 aliphatic heterocycles. The number of ether oxygens (including phenoxy) is 4. The second kappa shape index (κ2) is 8.26. The highest BCUT2D eigenvalue weighted by Crippen LogP contribution is 2.69. The fraction of sp³-hybridized carbons (Fsp3) is 0.567. The minimum Gasteiger partial charge on any atom is -0.493 e. The van der Waals surface area contributed by atoms with E-state index in [0.717, 1.165) is 19.3 Å². The number of carbonyl (C=O) groups is 1. The van der Waals surface area contributed by atoms with Crippen LogP contribution in [0.25, 0.3) is 0 Å². The normalized spacial score (nSPS) is 39.1. The summed E-state index contributed by atoms with van der Waals surface area (Å²) in [6.45, 7) is 2.17. The number of nitrogens with zero attached hydrogens (tertiary/aromatic N) is 2. The molecule has 38 heavy (non-hydrogen) atoms. The van der Waals surface area contributed by atoms with Crippen LogP contribution in [-0.2, 0) is 10.2 Å². The lowest BCUT2D eigenvalue weighted by atomic mass is 9.62. The molecule has 202 valence electrons. The minimum absolute atomic E-state index is 0.136. The lowest BCUT2D eigenvalue weighted by Crippen LogP contribution is -2.72. The molecule has 1 saturated carbocycles. The third kappa shape index (κ3) is 2.75. The molecule has 1 N–H and O–H groups in total. The Kier molecular flexibility index (Phi) is 5.24. The van der Waals surface area contributed by atoms with E-state index in [9.17, 15) is 9.90 Å². The summed E-state index contributed by atoms with van der Waals surface area (Å²) in [5.74, 6) is 1.58. The topological polar surface area (TPSA) is 80.7 Å². The molecule has 1 aliphatic carbocycles. The van der Waals surface area contributed by atoms with E-state index in [1.54, 1.807) is 33.5 Å². The van der Waals surface area contributed by atoms with Crippen LogP contribution in [0.2, 0.25) is 0 Å². The maximum atomic E-state index is 13.9. The molecule has 5 heterocycles. The molecule has 8 heteroatoms. The summed E-state index contributed by atoms with van der Waals surface area (Å²) < 4.78 is 23.2. The van der Waals surface area contributed by atoms with Gasteiger partial charge in [0, 0.05) is 36.7 Å². The van der Waals surface area contributed by atoms with Gasteiger partial charge in [-0.1, -0.05) is 25.1 Å². The SMILES string of the molecule is CC[C@H]1[C@@H]2C[C@H]3[C@@H]4N(C)c5ccccc5C45C[C@@H]([C@@H]2[C@H]5OC(=O)c2cc(OC)c(OC)c(OC)c2)N3[C@@H]1O. The zero-order valence-corrected chi connectivity index (χ0v) is 22.6. The molecule has 8 nitrogen and oxygen atoms in total. The first-order valence-electron chi connectivity index (χ1n) is 13.7. The Morgan fingerprint density at radius 3 is 2.45 bits per heavy atom. The predicted octanol–water partition coefficient (Wildman–Crippen LogP) is 3.45. The van der Waals surface area contributed by atoms with Gasteiger partial charge in [-0.15, -0.1) is 0 Å². The fourth-order valence-corrected chi connectivity index (χ4v) is 9.41. The highest BCUT2D eigenvalue weighted by atomic mass is 16.5. The number of benzene rings is 2. The molecular formula is C30H36N2O6. The lowest BCUT2D eigenvalue weighted by molar-refractivity contribution is -0.211. The number of carbonyl (C=O) groups excluding carboxylic acids is 1. The molecule has 0 radical (unpaired) electrons. The molecule has 8 rings (SSSR count). The van der Waals surface area contributed by atoms with Gasteiger partial charge in [-0.3, -0.25) is 4.90 Å². The maximum Gasteiger partial charge on any atom is 0.338 e. The average Bonchev–Trinajstić information content (AvgIpc) is 3.34. The highest BCUT2D eigenvalue weighted by Gasteiger charge is 2.77. The number of methoxy groups -OCH3 is 3. The Morgan fingerprint density at radius 2 is 1.79 bits per heavy atom. The van der Waals surface area contributed by atoms with E-state index in [4.69, 9.17) is 18.9 Å². The van der Waals surface area contributed by atoms with Crippen molar-refractivity contribution < 1.29 is 28.8 Å². The van der Waals surface area contributed by atoms with Crippen LogP contribution in [0.15, 0.2) is 36.4 Å². The Morgan fingerprint density at radius 1 is 1.08 bits per heavy atom. The average molecular weight is 521 g/mol. The summed E-state index contributed by atoms with van der Waals surface area (Å²) in [5.41, 5.74) is 2.55. The third-order valence-electron chi connectivity index (χ3n) is 10.6. The van der Waals surface area contributed by atoms with E-state index < -0.39 is 6.23 Å². The Balaban J connectivity index is 1.35. The van der Waals surface area contributed by atoms with Gasteiger partial charge in [0.15, 0.2) is 11.5 Å². The van der Waals surface area contributed by atoms with Gasteiger partial charge < -0.3 is 29.0 Å². The summed E-state index contributed by atoms with van der Waals surface area (Å²) in [4.78, 5) is 18.7. The van der Waals surface area contributed by atoms with Gasteiger partial charge in [-0.2, -0.15) is 0 Å². The molecule has 0 amide bonds. The van der Waals surface area contributed by atoms with Crippen LogP contribution in [0.1, 0.15) is 42.1 Å². The molecule has 0 aromatic heterocycles. The number of para-hydroxylation sites is 1. The van der Waals surface area contributed by atoms with Crippen molar-refractivity contribution in [3.05, 3.63) is 47.5 Å². The van der Waals surface area contributed by atoms with E-state index in [0.29, 0.717) is 28.7 Å². The quantitative estimate of drug-likeness (QED) is 0.581. The van der Waals surface area contributed by atoms with Gasteiger partial charge in [0.2, 0.25) is 5.75 Å². The summed E-state index contributed by atoms with van der Waals surface area (Å²) in [7, 11) is 6.80. The largest absolute Gasteiger partial charge is 0.493 e. The maximum absolute atomic E-state index is 13.9. The Hall–Kier alpha value is -2.97. The van der Waals surface area contributed by atoms with Crippen molar-refractivity contribution >= 4 is 11.7 Å². The fourth-order valence-electron chi connectivity index (χ4n) is 9.41. The molecule has 10 atom stereocenters. The smallest absolute Gasteiger partial charge is 0.338 e. The standard InChI is InChI=1S/C30H36N2O6/c1-6-16-17-13-20-26-30(18-9-7-8-10-19(18)31(26)2)14-21(32(20)28(16)33)24(17)27(30)38-29(34)15-11-22(35-3)25(37-5)23(12-15)36-4/h7-12,16-17,20-21,24,26-28,33H,6,13-14H2,1-5H3/t16-,17-,20-,21-,24+,26-,27+,28+,30?/m0/s1. The van der Waals surface area contributed by atoms with Crippen LogP contribution in [0.3, 0.4) is 0 Å². The number of rotatable bonds is 6. The number of fused-ring (bicyclic) bond motifs is 2. The van der Waals surface area contributed by atoms with Gasteiger partial charge in [0.25, 0.3) is 0 Å². The number of hydrogen-bond acceptors (Lipinski definition) is 8. The first kappa shape index (κ1) is 24.1. The van der Waals surface area contributed by atoms with Crippen molar-refractivity contribution in [2.24, 2.45) is 17.8 Å². The zero-order chi connectivity index (χ0) is 26.5. The molecule has 1 spiro atoms. The van der Waals surface area contributed by atoms with Crippen molar-refractivity contribution in [3.8, 4) is 17.2 Å². The van der Waals surface area contributed by atoms with E-state index in [1.165, 1.54) is 11.3 Å². The van der Waals surface area contributed by atoms with E-state index in [-0.39, 0.29) is 47.4 Å². The summed E-state index contributed by atoms with van der Waals surface area (Å²) in [6, 6.07) is 12.5. The van der Waals surface area contributed by atoms with E-state index in [1.807, 2.05) is 0 Å². The first-order valence-corrected chi connectivity index (χ1v) is 13.7. The van der Waals surface area contributed by atoms with Crippen LogP contribution in [0, 0.1) is 17.8 Å². The van der Waals surface area contributed by atoms with Crippen molar-refractivity contribution in [2.45, 2.75) is 62.1 Å². The molecule has 6 bridgehead atoms. The van der Waals surface area contributed by atoms with E-state index >= 15 is 0 Å².